The molecule has 4 saturated carbocycles. The molecule has 0 saturated heterocycles. The lowest BCUT2D eigenvalue weighted by Gasteiger charge is -2.60. The Kier molecular flexibility index (Phi) is 4.35. The quantitative estimate of drug-likeness (QED) is 0.798. The minimum absolute atomic E-state index is 0.0807. The van der Waals surface area contributed by atoms with Gasteiger partial charge in [-0.2, -0.15) is 0 Å². The Hall–Kier alpha value is -0.410. The number of fused-ring (bicyclic) bond motifs is 5. The van der Waals surface area contributed by atoms with Gasteiger partial charge in [0, 0.05) is 5.92 Å². The molecule has 0 spiro atoms. The number of ketones is 1. The van der Waals surface area contributed by atoms with Gasteiger partial charge in [-0.3, -0.25) is 4.79 Å². The zero-order chi connectivity index (χ0) is 18.0. The van der Waals surface area contributed by atoms with Crippen molar-refractivity contribution in [2.24, 2.45) is 46.3 Å². The smallest absolute Gasteiger partial charge is 0.161 e. The number of hydrogen-bond acceptors (Lipinski definition) is 3. The fourth-order valence-corrected chi connectivity index (χ4v) is 8.12. The van der Waals surface area contributed by atoms with E-state index in [0.717, 1.165) is 43.4 Å². The van der Waals surface area contributed by atoms with Gasteiger partial charge in [-0.05, 0) is 91.8 Å². The second-order valence-electron chi connectivity index (χ2n) is 10.7. The largest absolute Gasteiger partial charge is 0.393 e. The zero-order valence-corrected chi connectivity index (χ0v) is 16.2. The van der Waals surface area contributed by atoms with Crippen LogP contribution in [-0.4, -0.2) is 28.7 Å². The van der Waals surface area contributed by atoms with E-state index in [0.29, 0.717) is 17.3 Å². The number of aliphatic hydroxyl groups is 2. The van der Waals surface area contributed by atoms with Gasteiger partial charge in [0.05, 0.1) is 6.10 Å². The number of hydrogen-bond donors (Lipinski definition) is 2. The van der Waals surface area contributed by atoms with Crippen LogP contribution in [0.3, 0.4) is 0 Å². The van der Waals surface area contributed by atoms with Crippen molar-refractivity contribution in [1.82, 2.24) is 0 Å². The van der Waals surface area contributed by atoms with Gasteiger partial charge in [-0.25, -0.2) is 0 Å². The molecule has 25 heavy (non-hydrogen) atoms. The fourth-order valence-electron chi connectivity index (χ4n) is 8.12. The summed E-state index contributed by atoms with van der Waals surface area (Å²) in [6, 6.07) is 0. The normalized spacial score (nSPS) is 51.3. The summed E-state index contributed by atoms with van der Waals surface area (Å²) >= 11 is 0. The van der Waals surface area contributed by atoms with E-state index in [1.807, 2.05) is 0 Å². The summed E-state index contributed by atoms with van der Waals surface area (Å²) in [4.78, 5) is 12.3. The predicted octanol–water partition coefficient (Wildman–Crippen LogP) is 3.81. The number of rotatable bonds is 2. The zero-order valence-electron chi connectivity index (χ0n) is 16.2. The third-order valence-electron chi connectivity index (χ3n) is 9.23. The van der Waals surface area contributed by atoms with Crippen molar-refractivity contribution in [1.29, 1.82) is 0 Å². The monoisotopic (exact) mass is 348 g/mol. The van der Waals surface area contributed by atoms with Crippen LogP contribution in [0.15, 0.2) is 0 Å². The summed E-state index contributed by atoms with van der Waals surface area (Å²) in [6.07, 6.45) is 8.89. The number of carbonyl (C=O) groups is 1. The van der Waals surface area contributed by atoms with Crippen molar-refractivity contribution in [2.75, 3.05) is 6.61 Å². The molecule has 4 aliphatic rings. The highest BCUT2D eigenvalue weighted by Gasteiger charge is 2.60. The molecule has 0 amide bonds. The average molecular weight is 349 g/mol. The van der Waals surface area contributed by atoms with Crippen LogP contribution < -0.4 is 0 Å². The van der Waals surface area contributed by atoms with Gasteiger partial charge in [0.1, 0.15) is 6.61 Å². The highest BCUT2D eigenvalue weighted by molar-refractivity contribution is 5.83. The molecule has 0 aromatic rings. The van der Waals surface area contributed by atoms with E-state index in [1.165, 1.54) is 25.7 Å². The lowest BCUT2D eigenvalue weighted by Crippen LogP contribution is -2.54. The Morgan fingerprint density at radius 3 is 2.44 bits per heavy atom. The maximum atomic E-state index is 12.3. The molecule has 4 rings (SSSR count). The van der Waals surface area contributed by atoms with Crippen molar-refractivity contribution in [3.05, 3.63) is 0 Å². The summed E-state index contributed by atoms with van der Waals surface area (Å²) in [7, 11) is 0. The fraction of sp³-hybridized carbons (Fsp3) is 0.955. The molecule has 0 aromatic carbocycles. The molecule has 0 heterocycles. The van der Waals surface area contributed by atoms with Gasteiger partial charge in [0.15, 0.2) is 5.78 Å². The van der Waals surface area contributed by atoms with Gasteiger partial charge >= 0.3 is 0 Å². The highest BCUT2D eigenvalue weighted by atomic mass is 16.3. The molecular formula is C22H36O3. The van der Waals surface area contributed by atoms with Crippen LogP contribution in [0.25, 0.3) is 0 Å². The first-order chi connectivity index (χ1) is 11.8. The third kappa shape index (κ3) is 2.64. The molecule has 0 aliphatic heterocycles. The highest BCUT2D eigenvalue weighted by Crippen LogP contribution is 2.67. The lowest BCUT2D eigenvalue weighted by molar-refractivity contribution is -0.141. The van der Waals surface area contributed by atoms with Crippen LogP contribution >= 0.6 is 0 Å². The summed E-state index contributed by atoms with van der Waals surface area (Å²) in [5.74, 6) is 3.79. The molecule has 8 unspecified atom stereocenters. The Balaban J connectivity index is 1.63. The molecule has 8 atom stereocenters. The Bertz CT molecular complexity index is 541. The molecule has 4 fully saturated rings. The molecule has 3 heteroatoms. The van der Waals surface area contributed by atoms with Crippen LogP contribution in [0.4, 0.5) is 0 Å². The maximum Gasteiger partial charge on any atom is 0.161 e. The Labute approximate surface area is 152 Å². The van der Waals surface area contributed by atoms with Crippen molar-refractivity contribution >= 4 is 5.78 Å². The molecular weight excluding hydrogens is 312 g/mol. The first kappa shape index (κ1) is 18.0. The number of Topliss-reactive ketones (excluding diaryl/α,β-unsaturated/α-hetero) is 1. The molecule has 0 aromatic heterocycles. The van der Waals surface area contributed by atoms with Gasteiger partial charge in [-0.15, -0.1) is 0 Å². The molecule has 0 radical (unpaired) electrons. The second kappa shape index (κ2) is 6.05. The summed E-state index contributed by atoms with van der Waals surface area (Å²) in [5, 5.41) is 19.7. The van der Waals surface area contributed by atoms with E-state index in [-0.39, 0.29) is 29.8 Å². The van der Waals surface area contributed by atoms with Crippen LogP contribution in [0, 0.1) is 46.3 Å². The van der Waals surface area contributed by atoms with Crippen molar-refractivity contribution in [3.8, 4) is 0 Å². The van der Waals surface area contributed by atoms with Crippen molar-refractivity contribution in [3.63, 3.8) is 0 Å². The SMILES string of the molecule is CC1(C)CC2C(CCC3(C)C(C(=O)CO)CCC23)C2CCC(O)CC21. The Morgan fingerprint density at radius 1 is 0.960 bits per heavy atom. The third-order valence-corrected chi connectivity index (χ3v) is 9.23. The van der Waals surface area contributed by atoms with Crippen molar-refractivity contribution < 1.29 is 15.0 Å². The van der Waals surface area contributed by atoms with Gasteiger partial charge in [0.2, 0.25) is 0 Å². The van der Waals surface area contributed by atoms with Crippen LogP contribution in [0.2, 0.25) is 0 Å². The average Bonchev–Trinajstić information content (AvgIpc) is 2.92. The topological polar surface area (TPSA) is 57.5 Å². The van der Waals surface area contributed by atoms with E-state index in [9.17, 15) is 15.0 Å². The van der Waals surface area contributed by atoms with E-state index in [4.69, 9.17) is 0 Å². The van der Waals surface area contributed by atoms with Crippen LogP contribution in [0.1, 0.15) is 72.1 Å². The minimum Gasteiger partial charge on any atom is -0.393 e. The predicted molar refractivity (Wildman–Crippen MR) is 97.9 cm³/mol. The molecule has 4 aliphatic carbocycles. The first-order valence-corrected chi connectivity index (χ1v) is 10.6. The van der Waals surface area contributed by atoms with Gasteiger partial charge in [0.25, 0.3) is 0 Å². The van der Waals surface area contributed by atoms with E-state index in [1.54, 1.807) is 0 Å². The summed E-state index contributed by atoms with van der Waals surface area (Å²) in [6.45, 7) is 6.92. The number of carbonyl (C=O) groups excluding carboxylic acids is 1. The van der Waals surface area contributed by atoms with E-state index < -0.39 is 0 Å². The van der Waals surface area contributed by atoms with Crippen LogP contribution in [0.5, 0.6) is 0 Å². The maximum absolute atomic E-state index is 12.3. The Morgan fingerprint density at radius 2 is 1.72 bits per heavy atom. The number of aliphatic hydroxyl groups excluding tert-OH is 2. The molecule has 3 nitrogen and oxygen atoms in total. The van der Waals surface area contributed by atoms with Gasteiger partial charge < -0.3 is 10.2 Å². The van der Waals surface area contributed by atoms with E-state index in [2.05, 4.69) is 20.8 Å². The van der Waals surface area contributed by atoms with E-state index >= 15 is 0 Å². The first-order valence-electron chi connectivity index (χ1n) is 10.6. The van der Waals surface area contributed by atoms with Gasteiger partial charge in [-0.1, -0.05) is 20.8 Å². The molecule has 142 valence electrons. The molecule has 2 N–H and O–H groups in total. The summed E-state index contributed by atoms with van der Waals surface area (Å²) < 4.78 is 0. The lowest BCUT2D eigenvalue weighted by atomic mass is 9.44. The standard InChI is InChI=1S/C22H36O3/c1-21(2)11-16-14(15-5-4-13(24)10-19(15)21)8-9-22(3)17(16)6-7-18(22)20(25)12-23/h13-19,23-24H,4-12H2,1-3H3. The minimum atomic E-state index is -0.283. The second-order valence-corrected chi connectivity index (χ2v) is 10.7. The molecule has 0 bridgehead atoms. The van der Waals surface area contributed by atoms with Crippen LogP contribution in [-0.2, 0) is 4.79 Å². The summed E-state index contributed by atoms with van der Waals surface area (Å²) in [5.41, 5.74) is 0.405. The van der Waals surface area contributed by atoms with Crippen molar-refractivity contribution in [2.45, 2.75) is 78.2 Å².